The number of thiophene rings is 1. The van der Waals surface area contributed by atoms with Gasteiger partial charge in [-0.2, -0.15) is 0 Å². The van der Waals surface area contributed by atoms with Crippen LogP contribution in [0.2, 0.25) is 0 Å². The lowest BCUT2D eigenvalue weighted by atomic mass is 9.86. The van der Waals surface area contributed by atoms with E-state index in [0.717, 1.165) is 66.3 Å². The molecule has 1 unspecified atom stereocenters. The number of amides is 2. The summed E-state index contributed by atoms with van der Waals surface area (Å²) in [6.07, 6.45) is 8.78. The normalized spacial score (nSPS) is 27.1. The highest BCUT2D eigenvalue weighted by atomic mass is 32.1. The first kappa shape index (κ1) is 18.1. The molecule has 6 rings (SSSR count). The number of carbonyl (C=O) groups excluding carboxylic acids is 2. The van der Waals surface area contributed by atoms with E-state index in [0.29, 0.717) is 5.69 Å². The Morgan fingerprint density at radius 2 is 1.86 bits per heavy atom. The van der Waals surface area contributed by atoms with Crippen LogP contribution in [-0.4, -0.2) is 58.9 Å². The van der Waals surface area contributed by atoms with Gasteiger partial charge in [0.25, 0.3) is 11.8 Å². The molecular formula is C21H26N4O2S. The van der Waals surface area contributed by atoms with Crippen LogP contribution in [0.15, 0.2) is 18.3 Å². The molecule has 0 aliphatic carbocycles. The van der Waals surface area contributed by atoms with Gasteiger partial charge in [-0.05, 0) is 56.6 Å². The van der Waals surface area contributed by atoms with Crippen molar-refractivity contribution in [3.05, 3.63) is 28.9 Å². The molecule has 0 saturated carbocycles. The summed E-state index contributed by atoms with van der Waals surface area (Å²) >= 11 is 1.47. The molecule has 4 aliphatic heterocycles. The van der Waals surface area contributed by atoms with E-state index in [4.69, 9.17) is 0 Å². The summed E-state index contributed by atoms with van der Waals surface area (Å²) in [6, 6.07) is 3.75. The fourth-order valence-electron chi connectivity index (χ4n) is 4.76. The maximum atomic E-state index is 12.8. The minimum absolute atomic E-state index is 0.109. The Labute approximate surface area is 168 Å². The van der Waals surface area contributed by atoms with Crippen LogP contribution in [0.4, 0.5) is 0 Å². The van der Waals surface area contributed by atoms with Crippen molar-refractivity contribution in [2.24, 2.45) is 5.92 Å². The first-order chi connectivity index (χ1) is 13.7. The van der Waals surface area contributed by atoms with Gasteiger partial charge in [-0.25, -0.2) is 0 Å². The number of hydrogen-bond acceptors (Lipinski definition) is 5. The highest BCUT2D eigenvalue weighted by molar-refractivity contribution is 7.20. The van der Waals surface area contributed by atoms with Crippen LogP contribution < -0.4 is 5.32 Å². The SMILES string of the molecule is O=C(NC1CC2CCN1CC2)c1cc2sc(C(=O)N3CCCCC3)cc2cn1. The molecule has 7 heteroatoms. The zero-order chi connectivity index (χ0) is 19.1. The van der Waals surface area contributed by atoms with Gasteiger partial charge in [-0.3, -0.25) is 19.5 Å². The molecule has 0 radical (unpaired) electrons. The van der Waals surface area contributed by atoms with Crippen LogP contribution in [0.1, 0.15) is 58.7 Å². The van der Waals surface area contributed by atoms with Crippen molar-refractivity contribution in [1.29, 1.82) is 0 Å². The van der Waals surface area contributed by atoms with E-state index in [9.17, 15) is 9.59 Å². The third kappa shape index (κ3) is 3.42. The molecule has 2 amide bonds. The summed E-state index contributed by atoms with van der Waals surface area (Å²) in [5, 5.41) is 4.10. The zero-order valence-electron chi connectivity index (χ0n) is 16.0. The van der Waals surface area contributed by atoms with Gasteiger partial charge in [0.1, 0.15) is 5.69 Å². The Morgan fingerprint density at radius 3 is 2.57 bits per heavy atom. The molecule has 4 aliphatic rings. The van der Waals surface area contributed by atoms with Crippen LogP contribution in [0.5, 0.6) is 0 Å². The molecule has 6 nitrogen and oxygen atoms in total. The molecule has 28 heavy (non-hydrogen) atoms. The number of carbonyl (C=O) groups is 2. The molecule has 1 atom stereocenters. The minimum atomic E-state index is -0.114. The number of nitrogens with one attached hydrogen (secondary N) is 1. The van der Waals surface area contributed by atoms with Crippen LogP contribution >= 0.6 is 11.3 Å². The Hall–Kier alpha value is -1.99. The van der Waals surface area contributed by atoms with Crippen LogP contribution in [0, 0.1) is 5.92 Å². The first-order valence-electron chi connectivity index (χ1n) is 10.4. The monoisotopic (exact) mass is 398 g/mol. The number of fused-ring (bicyclic) bond motifs is 4. The summed E-state index contributed by atoms with van der Waals surface area (Å²) in [7, 11) is 0. The Bertz CT molecular complexity index is 897. The smallest absolute Gasteiger partial charge is 0.271 e. The van der Waals surface area contributed by atoms with Crippen LogP contribution in [0.25, 0.3) is 10.1 Å². The lowest BCUT2D eigenvalue weighted by Crippen LogP contribution is -2.56. The Balaban J connectivity index is 1.32. The van der Waals surface area contributed by atoms with E-state index in [1.54, 1.807) is 6.20 Å². The van der Waals surface area contributed by atoms with Gasteiger partial charge in [-0.1, -0.05) is 0 Å². The highest BCUT2D eigenvalue weighted by Gasteiger charge is 2.34. The fraction of sp³-hybridized carbons (Fsp3) is 0.571. The minimum Gasteiger partial charge on any atom is -0.338 e. The molecule has 0 spiro atoms. The molecule has 2 bridgehead atoms. The molecule has 2 aromatic rings. The second kappa shape index (κ2) is 7.44. The molecule has 6 heterocycles. The van der Waals surface area contributed by atoms with Gasteiger partial charge in [0.05, 0.1) is 11.0 Å². The largest absolute Gasteiger partial charge is 0.338 e. The molecule has 2 aromatic heterocycles. The second-order valence-corrected chi connectivity index (χ2v) is 9.36. The highest BCUT2D eigenvalue weighted by Crippen LogP contribution is 2.31. The topological polar surface area (TPSA) is 65.5 Å². The van der Waals surface area contributed by atoms with Crippen LogP contribution in [-0.2, 0) is 0 Å². The number of nitrogens with zero attached hydrogens (tertiary/aromatic N) is 3. The standard InChI is InChI=1S/C21H26N4O2S/c26-20(23-19-10-14-4-8-24(19)9-5-14)16-12-17-15(13-22-16)11-18(28-17)21(27)25-6-2-1-3-7-25/h11-14,19H,1-10H2,(H,23,26). The lowest BCUT2D eigenvalue weighted by Gasteiger charge is -2.45. The summed E-state index contributed by atoms with van der Waals surface area (Å²) in [6.45, 7) is 3.85. The van der Waals surface area contributed by atoms with Crippen molar-refractivity contribution < 1.29 is 9.59 Å². The van der Waals surface area contributed by atoms with Gasteiger partial charge in [0.15, 0.2) is 0 Å². The van der Waals surface area contributed by atoms with E-state index in [2.05, 4.69) is 15.2 Å². The van der Waals surface area contributed by atoms with E-state index in [1.165, 1.54) is 30.6 Å². The second-order valence-electron chi connectivity index (χ2n) is 8.28. The molecule has 0 aromatic carbocycles. The van der Waals surface area contributed by atoms with Crippen molar-refractivity contribution in [3.63, 3.8) is 0 Å². The number of pyridine rings is 1. The molecular weight excluding hydrogens is 372 g/mol. The summed E-state index contributed by atoms with van der Waals surface area (Å²) < 4.78 is 0.950. The van der Waals surface area contributed by atoms with Gasteiger partial charge >= 0.3 is 0 Å². The number of hydrogen-bond donors (Lipinski definition) is 1. The first-order valence-corrected chi connectivity index (χ1v) is 11.2. The number of rotatable bonds is 3. The molecule has 4 fully saturated rings. The van der Waals surface area contributed by atoms with E-state index < -0.39 is 0 Å². The van der Waals surface area contributed by atoms with Gasteiger partial charge in [0, 0.05) is 42.5 Å². The number of aromatic nitrogens is 1. The van der Waals surface area contributed by atoms with Gasteiger partial charge in [0.2, 0.25) is 0 Å². The lowest BCUT2D eigenvalue weighted by molar-refractivity contribution is 0.0293. The summed E-state index contributed by atoms with van der Waals surface area (Å²) in [5.41, 5.74) is 0.439. The molecule has 148 valence electrons. The number of piperidine rings is 4. The molecule has 4 saturated heterocycles. The number of likely N-dealkylation sites (tertiary alicyclic amines) is 1. The maximum absolute atomic E-state index is 12.8. The van der Waals surface area contributed by atoms with E-state index in [1.807, 2.05) is 17.0 Å². The summed E-state index contributed by atoms with van der Waals surface area (Å²) in [5.74, 6) is 0.737. The molecule has 1 N–H and O–H groups in total. The third-order valence-corrected chi connectivity index (χ3v) is 7.52. The maximum Gasteiger partial charge on any atom is 0.271 e. The van der Waals surface area contributed by atoms with Gasteiger partial charge < -0.3 is 10.2 Å². The van der Waals surface area contributed by atoms with Crippen molar-refractivity contribution >= 4 is 33.2 Å². The average Bonchev–Trinajstić information content (AvgIpc) is 3.18. The quantitative estimate of drug-likeness (QED) is 0.863. The van der Waals surface area contributed by atoms with E-state index in [-0.39, 0.29) is 18.0 Å². The average molecular weight is 399 g/mol. The summed E-state index contributed by atoms with van der Waals surface area (Å²) in [4.78, 5) is 34.9. The van der Waals surface area contributed by atoms with Crippen LogP contribution in [0.3, 0.4) is 0 Å². The Morgan fingerprint density at radius 1 is 1.07 bits per heavy atom. The predicted molar refractivity (Wildman–Crippen MR) is 110 cm³/mol. The predicted octanol–water partition coefficient (Wildman–Crippen LogP) is 3.09. The Kier molecular flexibility index (Phi) is 4.80. The zero-order valence-corrected chi connectivity index (χ0v) is 16.8. The van der Waals surface area contributed by atoms with Crippen molar-refractivity contribution in [2.45, 2.75) is 44.7 Å². The van der Waals surface area contributed by atoms with Crippen molar-refractivity contribution in [1.82, 2.24) is 20.1 Å². The van der Waals surface area contributed by atoms with Crippen molar-refractivity contribution in [2.75, 3.05) is 26.2 Å². The van der Waals surface area contributed by atoms with Crippen molar-refractivity contribution in [3.8, 4) is 0 Å². The van der Waals surface area contributed by atoms with E-state index >= 15 is 0 Å². The van der Waals surface area contributed by atoms with Gasteiger partial charge in [-0.15, -0.1) is 11.3 Å². The third-order valence-electron chi connectivity index (χ3n) is 6.43. The fourth-order valence-corrected chi connectivity index (χ4v) is 5.80.